The van der Waals surface area contributed by atoms with Crippen LogP contribution in [0.3, 0.4) is 0 Å². The Hall–Kier alpha value is -3.06. The van der Waals surface area contributed by atoms with Gasteiger partial charge in [-0.2, -0.15) is 9.36 Å². The van der Waals surface area contributed by atoms with Gasteiger partial charge >= 0.3 is 5.97 Å². The number of hydrogen-bond acceptors (Lipinski definition) is 10. The van der Waals surface area contributed by atoms with Crippen molar-refractivity contribution in [3.8, 4) is 0 Å². The highest BCUT2D eigenvalue weighted by molar-refractivity contribution is 7.09. The van der Waals surface area contributed by atoms with E-state index in [1.54, 1.807) is 0 Å². The molecule has 144 valence electrons. The normalized spacial score (nSPS) is 22.2. The summed E-state index contributed by atoms with van der Waals surface area (Å²) < 4.78 is 3.89. The number of aromatic nitrogens is 2. The molecule has 12 nitrogen and oxygen atoms in total. The van der Waals surface area contributed by atoms with Crippen molar-refractivity contribution in [2.45, 2.75) is 24.9 Å². The molecule has 3 rings (SSSR count). The maximum Gasteiger partial charge on any atom is 0.352 e. The number of hydrogen-bond donors (Lipinski definition) is 4. The van der Waals surface area contributed by atoms with Gasteiger partial charge in [-0.3, -0.25) is 14.5 Å². The van der Waals surface area contributed by atoms with Crippen molar-refractivity contribution in [2.75, 3.05) is 19.5 Å². The van der Waals surface area contributed by atoms with Gasteiger partial charge in [0.25, 0.3) is 11.8 Å². The second-order valence-corrected chi connectivity index (χ2v) is 6.54. The van der Waals surface area contributed by atoms with E-state index in [0.717, 1.165) is 16.4 Å². The predicted octanol–water partition coefficient (Wildman–Crippen LogP) is -1.71. The van der Waals surface area contributed by atoms with Crippen LogP contribution in [0.15, 0.2) is 16.4 Å². The Bertz CT molecular complexity index is 864. The number of aliphatic hydroxyl groups excluding tert-OH is 1. The minimum Gasteiger partial charge on any atom is -0.477 e. The second-order valence-electron chi connectivity index (χ2n) is 5.76. The van der Waals surface area contributed by atoms with Gasteiger partial charge in [0, 0.05) is 11.5 Å². The largest absolute Gasteiger partial charge is 0.477 e. The Balaban J connectivity index is 1.79. The molecular weight excluding hydrogens is 380 g/mol. The monoisotopic (exact) mass is 396 g/mol. The number of carbonyl (C=O) groups excluding carboxylic acids is 2. The zero-order valence-corrected chi connectivity index (χ0v) is 14.9. The van der Waals surface area contributed by atoms with Crippen LogP contribution in [0.1, 0.15) is 18.7 Å². The van der Waals surface area contributed by atoms with Gasteiger partial charge in [0.05, 0.1) is 12.6 Å². The molecule has 13 heteroatoms. The van der Waals surface area contributed by atoms with E-state index >= 15 is 0 Å². The van der Waals surface area contributed by atoms with E-state index in [1.807, 2.05) is 0 Å². The number of nitrogens with one attached hydrogen (secondary N) is 1. The molecule has 1 fully saturated rings. The lowest BCUT2D eigenvalue weighted by molar-refractivity contribution is -0.155. The summed E-state index contributed by atoms with van der Waals surface area (Å²) in [6, 6.07) is -1.45. The number of fused-ring (bicyclic) bond motifs is 1. The van der Waals surface area contributed by atoms with Gasteiger partial charge in [0.2, 0.25) is 11.5 Å². The van der Waals surface area contributed by atoms with Crippen molar-refractivity contribution in [1.29, 1.82) is 0 Å². The maximum atomic E-state index is 12.5. The molecule has 0 unspecified atom stereocenters. The second kappa shape index (κ2) is 7.28. The molecule has 1 aromatic rings. The van der Waals surface area contributed by atoms with Crippen LogP contribution in [0.25, 0.3) is 0 Å². The third kappa shape index (κ3) is 3.21. The number of aliphatic carboxylic acids is 1. The fourth-order valence-electron chi connectivity index (χ4n) is 3.11. The predicted molar refractivity (Wildman–Crippen MR) is 91.4 cm³/mol. The minimum absolute atomic E-state index is 0.0437. The summed E-state index contributed by atoms with van der Waals surface area (Å²) in [5.41, 5.74) is 5.30. The lowest BCUT2D eigenvalue weighted by Crippen LogP contribution is -2.72. The molecule has 2 atom stereocenters. The van der Waals surface area contributed by atoms with Gasteiger partial charge < -0.3 is 26.1 Å². The molecule has 2 amide bonds. The first-order chi connectivity index (χ1) is 12.9. The Morgan fingerprint density at radius 2 is 2.26 bits per heavy atom. The minimum atomic E-state index is -1.30. The number of carboxylic acids is 1. The van der Waals surface area contributed by atoms with Crippen LogP contribution in [-0.2, 0) is 19.2 Å². The summed E-state index contributed by atoms with van der Waals surface area (Å²) in [4.78, 5) is 46.0. The number of anilines is 1. The lowest BCUT2D eigenvalue weighted by Gasteiger charge is -2.50. The summed E-state index contributed by atoms with van der Waals surface area (Å²) in [5.74, 6) is -2.68. The third-order valence-corrected chi connectivity index (χ3v) is 4.81. The molecular formula is C14H16N6O6S. The molecule has 1 saturated heterocycles. The zero-order valence-electron chi connectivity index (χ0n) is 14.1. The van der Waals surface area contributed by atoms with Gasteiger partial charge in [-0.1, -0.05) is 5.16 Å². The average molecular weight is 396 g/mol. The van der Waals surface area contributed by atoms with E-state index in [9.17, 15) is 24.6 Å². The van der Waals surface area contributed by atoms with E-state index in [2.05, 4.69) is 24.7 Å². The SMILES string of the molecule is CO/N=C(/C(=O)N[C@@H]1C(=O)N2C(C(=O)O)=C(CO)CC[C@H]12)c1nsc(N)n1. The fourth-order valence-corrected chi connectivity index (χ4v) is 3.54. The number of nitrogens with two attached hydrogens (primary N) is 1. The standard InChI is InChI=1S/C14H16N6O6S/c1-26-18-8(10-17-14(15)27-19-10)11(22)16-7-6-3-2-5(4-21)9(13(24)25)20(6)12(7)23/h6-7,21H,2-4H2,1H3,(H,16,22)(H,24,25)(H2,15,17,19)/b18-8+/t6-,7+/m1/s1. The van der Waals surface area contributed by atoms with Crippen LogP contribution in [0.2, 0.25) is 0 Å². The van der Waals surface area contributed by atoms with Crippen LogP contribution in [0, 0.1) is 0 Å². The molecule has 1 aromatic heterocycles. The van der Waals surface area contributed by atoms with E-state index in [1.165, 1.54) is 7.11 Å². The topological polar surface area (TPSA) is 180 Å². The summed E-state index contributed by atoms with van der Waals surface area (Å²) in [6.07, 6.45) is 0.712. The average Bonchev–Trinajstić information content (AvgIpc) is 3.08. The highest BCUT2D eigenvalue weighted by atomic mass is 32.1. The van der Waals surface area contributed by atoms with Crippen molar-refractivity contribution in [2.24, 2.45) is 5.16 Å². The number of nitrogen functional groups attached to an aromatic ring is 1. The molecule has 0 spiro atoms. The molecule has 0 radical (unpaired) electrons. The molecule has 2 aliphatic heterocycles. The number of oxime groups is 1. The molecule has 0 aromatic carbocycles. The number of aliphatic hydroxyl groups is 1. The smallest absolute Gasteiger partial charge is 0.352 e. The first kappa shape index (κ1) is 18.7. The van der Waals surface area contributed by atoms with Crippen LogP contribution < -0.4 is 11.1 Å². The maximum absolute atomic E-state index is 12.5. The van der Waals surface area contributed by atoms with E-state index < -0.39 is 36.5 Å². The molecule has 27 heavy (non-hydrogen) atoms. The summed E-state index contributed by atoms with van der Waals surface area (Å²) in [7, 11) is 1.24. The van der Waals surface area contributed by atoms with Crippen LogP contribution >= 0.6 is 11.5 Å². The molecule has 0 saturated carbocycles. The highest BCUT2D eigenvalue weighted by Gasteiger charge is 2.53. The Morgan fingerprint density at radius 3 is 2.81 bits per heavy atom. The van der Waals surface area contributed by atoms with Crippen LogP contribution in [-0.4, -0.2) is 73.8 Å². The van der Waals surface area contributed by atoms with Crippen LogP contribution in [0.4, 0.5) is 5.13 Å². The molecule has 0 aliphatic carbocycles. The highest BCUT2D eigenvalue weighted by Crippen LogP contribution is 2.36. The van der Waals surface area contributed by atoms with Gasteiger partial charge in [-0.15, -0.1) is 0 Å². The summed E-state index contributed by atoms with van der Waals surface area (Å²) >= 11 is 0.870. The molecule has 5 N–H and O–H groups in total. The fraction of sp³-hybridized carbons (Fsp3) is 0.429. The lowest BCUT2D eigenvalue weighted by atomic mass is 9.83. The zero-order chi connectivity index (χ0) is 19.7. The van der Waals surface area contributed by atoms with Gasteiger partial charge in [0.15, 0.2) is 5.13 Å². The quantitative estimate of drug-likeness (QED) is 0.247. The van der Waals surface area contributed by atoms with E-state index in [4.69, 9.17) is 5.73 Å². The Kier molecular flexibility index (Phi) is 5.05. The first-order valence-electron chi connectivity index (χ1n) is 7.79. The van der Waals surface area contributed by atoms with E-state index in [0.29, 0.717) is 12.8 Å². The van der Waals surface area contributed by atoms with Gasteiger partial charge in [-0.25, -0.2) is 4.79 Å². The first-order valence-corrected chi connectivity index (χ1v) is 8.57. The van der Waals surface area contributed by atoms with Crippen molar-refractivity contribution in [3.63, 3.8) is 0 Å². The van der Waals surface area contributed by atoms with Crippen molar-refractivity contribution in [1.82, 2.24) is 19.6 Å². The molecule has 3 heterocycles. The number of rotatable bonds is 6. The Morgan fingerprint density at radius 1 is 1.52 bits per heavy atom. The number of nitrogens with zero attached hydrogens (tertiary/aromatic N) is 4. The third-order valence-electron chi connectivity index (χ3n) is 4.27. The summed E-state index contributed by atoms with van der Waals surface area (Å²) in [6.45, 7) is -0.448. The van der Waals surface area contributed by atoms with Crippen LogP contribution in [0.5, 0.6) is 0 Å². The molecule has 0 bridgehead atoms. The Labute approximate surface area is 156 Å². The van der Waals surface area contributed by atoms with Gasteiger partial charge in [-0.05, 0) is 18.4 Å². The number of amides is 2. The summed E-state index contributed by atoms with van der Waals surface area (Å²) in [5, 5.41) is 24.9. The van der Waals surface area contributed by atoms with Crippen molar-refractivity contribution < 1.29 is 29.4 Å². The number of carboxylic acid groups (broad SMARTS) is 1. The van der Waals surface area contributed by atoms with Crippen molar-refractivity contribution >= 4 is 40.2 Å². The van der Waals surface area contributed by atoms with Crippen molar-refractivity contribution in [3.05, 3.63) is 17.1 Å². The van der Waals surface area contributed by atoms with Gasteiger partial charge in [0.1, 0.15) is 18.8 Å². The molecule has 2 aliphatic rings. The van der Waals surface area contributed by atoms with E-state index in [-0.39, 0.29) is 27.9 Å². The number of carbonyl (C=O) groups is 3. The number of β-lactam (4-membered cyclic amide) rings is 1.